The van der Waals surface area contributed by atoms with Gasteiger partial charge in [-0.05, 0) is 50.9 Å². The van der Waals surface area contributed by atoms with Crippen molar-refractivity contribution in [3.63, 3.8) is 0 Å². The molecule has 0 aliphatic heterocycles. The van der Waals surface area contributed by atoms with Gasteiger partial charge < -0.3 is 5.32 Å². The molecular weight excluding hydrogens is 210 g/mol. The number of anilines is 1. The average Bonchev–Trinajstić information content (AvgIpc) is 2.92. The van der Waals surface area contributed by atoms with Crippen LogP contribution in [0.5, 0.6) is 0 Å². The van der Waals surface area contributed by atoms with Crippen molar-refractivity contribution in [3.8, 4) is 0 Å². The standard InChI is InChI=1S/C14H21N3/c1-9-7-15-10(2)14(17-9)16-8-13-6-11-3-4-12(13)5-11/h7,11-13H,3-6,8H2,1-2H3,(H,16,17). The summed E-state index contributed by atoms with van der Waals surface area (Å²) in [6.45, 7) is 5.10. The maximum Gasteiger partial charge on any atom is 0.147 e. The predicted molar refractivity (Wildman–Crippen MR) is 68.9 cm³/mol. The van der Waals surface area contributed by atoms with E-state index in [9.17, 15) is 0 Å². The third kappa shape index (κ3) is 2.15. The van der Waals surface area contributed by atoms with E-state index < -0.39 is 0 Å². The van der Waals surface area contributed by atoms with Gasteiger partial charge in [0.2, 0.25) is 0 Å². The zero-order chi connectivity index (χ0) is 11.8. The summed E-state index contributed by atoms with van der Waals surface area (Å²) < 4.78 is 0. The van der Waals surface area contributed by atoms with Crippen LogP contribution in [0.2, 0.25) is 0 Å². The lowest BCUT2D eigenvalue weighted by Gasteiger charge is -2.22. The fraction of sp³-hybridized carbons (Fsp3) is 0.714. The first kappa shape index (κ1) is 11.0. The summed E-state index contributed by atoms with van der Waals surface area (Å²) in [6, 6.07) is 0. The smallest absolute Gasteiger partial charge is 0.147 e. The Balaban J connectivity index is 1.62. The molecule has 3 unspecified atom stereocenters. The minimum atomic E-state index is 0.871. The molecule has 1 aromatic heterocycles. The van der Waals surface area contributed by atoms with Crippen molar-refractivity contribution in [1.82, 2.24) is 9.97 Å². The van der Waals surface area contributed by atoms with Crippen molar-refractivity contribution in [3.05, 3.63) is 17.6 Å². The Morgan fingerprint density at radius 3 is 2.88 bits per heavy atom. The third-order valence-corrected chi connectivity index (χ3v) is 4.49. The zero-order valence-electron chi connectivity index (χ0n) is 10.7. The molecule has 0 radical (unpaired) electrons. The molecule has 92 valence electrons. The molecule has 0 aromatic carbocycles. The minimum Gasteiger partial charge on any atom is -0.368 e. The van der Waals surface area contributed by atoms with Gasteiger partial charge in [0.25, 0.3) is 0 Å². The van der Waals surface area contributed by atoms with Crippen LogP contribution in [0, 0.1) is 31.6 Å². The van der Waals surface area contributed by atoms with Gasteiger partial charge in [-0.1, -0.05) is 6.42 Å². The molecule has 3 rings (SSSR count). The normalized spacial score (nSPS) is 30.8. The number of aromatic nitrogens is 2. The van der Waals surface area contributed by atoms with Crippen molar-refractivity contribution in [2.45, 2.75) is 39.5 Å². The Morgan fingerprint density at radius 1 is 1.29 bits per heavy atom. The molecule has 2 aliphatic rings. The molecule has 2 fully saturated rings. The van der Waals surface area contributed by atoms with E-state index in [1.165, 1.54) is 25.7 Å². The van der Waals surface area contributed by atoms with Crippen LogP contribution in [0.1, 0.15) is 37.1 Å². The highest BCUT2D eigenvalue weighted by atomic mass is 15.0. The van der Waals surface area contributed by atoms with Crippen molar-refractivity contribution < 1.29 is 0 Å². The Bertz CT molecular complexity index is 416. The Hall–Kier alpha value is -1.12. The topological polar surface area (TPSA) is 37.8 Å². The summed E-state index contributed by atoms with van der Waals surface area (Å²) in [7, 11) is 0. The number of hydrogen-bond acceptors (Lipinski definition) is 3. The van der Waals surface area contributed by atoms with Crippen molar-refractivity contribution in [1.29, 1.82) is 0 Å². The van der Waals surface area contributed by atoms with E-state index in [0.717, 1.165) is 41.5 Å². The van der Waals surface area contributed by atoms with Gasteiger partial charge in [-0.2, -0.15) is 0 Å². The molecule has 2 saturated carbocycles. The summed E-state index contributed by atoms with van der Waals surface area (Å²) >= 11 is 0. The van der Waals surface area contributed by atoms with Gasteiger partial charge in [-0.15, -0.1) is 0 Å². The zero-order valence-corrected chi connectivity index (χ0v) is 10.7. The van der Waals surface area contributed by atoms with Crippen LogP contribution in [0.4, 0.5) is 5.82 Å². The molecule has 3 heteroatoms. The number of fused-ring (bicyclic) bond motifs is 2. The van der Waals surface area contributed by atoms with E-state index in [4.69, 9.17) is 0 Å². The van der Waals surface area contributed by atoms with Crippen LogP contribution in [-0.4, -0.2) is 16.5 Å². The van der Waals surface area contributed by atoms with E-state index in [1.807, 2.05) is 20.0 Å². The quantitative estimate of drug-likeness (QED) is 0.869. The van der Waals surface area contributed by atoms with E-state index in [1.54, 1.807) is 0 Å². The van der Waals surface area contributed by atoms with Gasteiger partial charge in [-0.3, -0.25) is 4.98 Å². The number of nitrogens with one attached hydrogen (secondary N) is 1. The second-order valence-corrected chi connectivity index (χ2v) is 5.76. The highest BCUT2D eigenvalue weighted by molar-refractivity contribution is 5.39. The lowest BCUT2D eigenvalue weighted by atomic mass is 9.89. The maximum absolute atomic E-state index is 4.52. The van der Waals surface area contributed by atoms with Gasteiger partial charge >= 0.3 is 0 Å². The third-order valence-electron chi connectivity index (χ3n) is 4.49. The molecule has 3 atom stereocenters. The van der Waals surface area contributed by atoms with Crippen LogP contribution < -0.4 is 5.32 Å². The fourth-order valence-electron chi connectivity index (χ4n) is 3.56. The molecule has 0 saturated heterocycles. The monoisotopic (exact) mass is 231 g/mol. The van der Waals surface area contributed by atoms with E-state index >= 15 is 0 Å². The Kier molecular flexibility index (Phi) is 2.77. The average molecular weight is 231 g/mol. The van der Waals surface area contributed by atoms with Gasteiger partial charge in [0, 0.05) is 12.7 Å². The number of rotatable bonds is 3. The van der Waals surface area contributed by atoms with Crippen LogP contribution in [0.25, 0.3) is 0 Å². The summed E-state index contributed by atoms with van der Waals surface area (Å²) in [4.78, 5) is 8.87. The van der Waals surface area contributed by atoms with E-state index in [2.05, 4.69) is 15.3 Å². The first-order chi connectivity index (χ1) is 8.22. The molecule has 1 N–H and O–H groups in total. The molecule has 1 heterocycles. The lowest BCUT2D eigenvalue weighted by molar-refractivity contribution is 0.348. The maximum atomic E-state index is 4.52. The highest BCUT2D eigenvalue weighted by Crippen LogP contribution is 2.48. The Morgan fingerprint density at radius 2 is 2.18 bits per heavy atom. The molecule has 1 aromatic rings. The fourth-order valence-corrected chi connectivity index (χ4v) is 3.56. The molecule has 3 nitrogen and oxygen atoms in total. The number of aryl methyl sites for hydroxylation is 2. The molecule has 2 bridgehead atoms. The van der Waals surface area contributed by atoms with Crippen molar-refractivity contribution >= 4 is 5.82 Å². The van der Waals surface area contributed by atoms with Crippen molar-refractivity contribution in [2.24, 2.45) is 17.8 Å². The lowest BCUT2D eigenvalue weighted by Crippen LogP contribution is -2.21. The van der Waals surface area contributed by atoms with Gasteiger partial charge in [0.05, 0.1) is 11.4 Å². The van der Waals surface area contributed by atoms with Gasteiger partial charge in [0.15, 0.2) is 0 Å². The van der Waals surface area contributed by atoms with Crippen LogP contribution in [0.3, 0.4) is 0 Å². The highest BCUT2D eigenvalue weighted by Gasteiger charge is 2.39. The van der Waals surface area contributed by atoms with Gasteiger partial charge in [0.1, 0.15) is 5.82 Å². The van der Waals surface area contributed by atoms with Crippen LogP contribution in [-0.2, 0) is 0 Å². The molecule has 17 heavy (non-hydrogen) atoms. The number of hydrogen-bond donors (Lipinski definition) is 1. The molecule has 0 amide bonds. The molecule has 2 aliphatic carbocycles. The van der Waals surface area contributed by atoms with Crippen LogP contribution >= 0.6 is 0 Å². The second kappa shape index (κ2) is 4.28. The second-order valence-electron chi connectivity index (χ2n) is 5.76. The Labute approximate surface area is 103 Å². The minimum absolute atomic E-state index is 0.871. The van der Waals surface area contributed by atoms with E-state index in [-0.39, 0.29) is 0 Å². The number of nitrogens with zero attached hydrogens (tertiary/aromatic N) is 2. The SMILES string of the molecule is Cc1cnc(C)c(NCC2CC3CCC2C3)n1. The summed E-state index contributed by atoms with van der Waals surface area (Å²) in [5.41, 5.74) is 2.00. The molecule has 0 spiro atoms. The summed E-state index contributed by atoms with van der Waals surface area (Å²) in [5.74, 6) is 3.85. The van der Waals surface area contributed by atoms with Crippen LogP contribution in [0.15, 0.2) is 6.20 Å². The first-order valence-corrected chi connectivity index (χ1v) is 6.76. The summed E-state index contributed by atoms with van der Waals surface area (Å²) in [6.07, 6.45) is 7.67. The van der Waals surface area contributed by atoms with E-state index in [0.29, 0.717) is 0 Å². The first-order valence-electron chi connectivity index (χ1n) is 6.76. The van der Waals surface area contributed by atoms with Gasteiger partial charge in [-0.25, -0.2) is 4.98 Å². The van der Waals surface area contributed by atoms with Crippen molar-refractivity contribution in [2.75, 3.05) is 11.9 Å². The largest absolute Gasteiger partial charge is 0.368 e. The summed E-state index contributed by atoms with van der Waals surface area (Å²) in [5, 5.41) is 3.51. The predicted octanol–water partition coefficient (Wildman–Crippen LogP) is 2.94. The molecular formula is C14H21N3.